The quantitative estimate of drug-likeness (QED) is 0.172. The van der Waals surface area contributed by atoms with E-state index in [2.05, 4.69) is 61.8 Å². The molecule has 0 aliphatic carbocycles. The van der Waals surface area contributed by atoms with Crippen LogP contribution in [0.5, 0.6) is 0 Å². The van der Waals surface area contributed by atoms with Crippen LogP contribution in [0, 0.1) is 23.7 Å². The van der Waals surface area contributed by atoms with E-state index in [1.165, 1.54) is 75.8 Å². The number of hydrogen-bond acceptors (Lipinski definition) is 3. The van der Waals surface area contributed by atoms with Gasteiger partial charge in [0.25, 0.3) is 0 Å². The maximum atomic E-state index is 6.46. The Morgan fingerprint density at radius 1 is 0.581 bits per heavy atom. The second-order valence-electron chi connectivity index (χ2n) is 14.3. The highest BCUT2D eigenvalue weighted by Crippen LogP contribution is 2.28. The second-order valence-corrected chi connectivity index (χ2v) is 15.2. The number of likely N-dealkylation sites (tertiary alicyclic amines) is 2. The SMILES string of the molecule is C[C@@H]1C[C@@H](C)CN(C(CCCc2ccc(Cl)cc2)CCOCCC(CCCc2ccc(Cl)cc2)N2C[C@H](C)C[C@@H](C)C2)C1. The third-order valence-corrected chi connectivity index (χ3v) is 10.4. The minimum atomic E-state index is 0.608. The summed E-state index contributed by atoms with van der Waals surface area (Å²) < 4.78 is 6.46. The first-order valence-electron chi connectivity index (χ1n) is 17.3. The van der Waals surface area contributed by atoms with Crippen LogP contribution in [-0.4, -0.2) is 61.3 Å². The molecule has 0 aromatic heterocycles. The Morgan fingerprint density at radius 3 is 1.28 bits per heavy atom. The zero-order chi connectivity index (χ0) is 30.6. The van der Waals surface area contributed by atoms with Crippen molar-refractivity contribution in [2.75, 3.05) is 39.4 Å². The molecule has 0 N–H and O–H groups in total. The summed E-state index contributed by atoms with van der Waals surface area (Å²) in [5.41, 5.74) is 2.78. The van der Waals surface area contributed by atoms with Crippen molar-refractivity contribution in [3.63, 3.8) is 0 Å². The van der Waals surface area contributed by atoms with Crippen molar-refractivity contribution in [2.45, 2.75) is 104 Å². The van der Waals surface area contributed by atoms with Crippen LogP contribution in [-0.2, 0) is 17.6 Å². The minimum Gasteiger partial charge on any atom is -0.381 e. The third kappa shape index (κ3) is 12.3. The minimum absolute atomic E-state index is 0.608. The van der Waals surface area contributed by atoms with Crippen LogP contribution in [0.25, 0.3) is 0 Å². The van der Waals surface area contributed by atoms with Crippen molar-refractivity contribution in [2.24, 2.45) is 23.7 Å². The van der Waals surface area contributed by atoms with Crippen molar-refractivity contribution in [3.05, 3.63) is 69.7 Å². The fraction of sp³-hybridized carbons (Fsp3) is 0.684. The van der Waals surface area contributed by atoms with Crippen LogP contribution in [0.15, 0.2) is 48.5 Å². The summed E-state index contributed by atoms with van der Waals surface area (Å²) in [6.07, 6.45) is 12.1. The zero-order valence-corrected chi connectivity index (χ0v) is 29.0. The molecule has 2 aromatic carbocycles. The van der Waals surface area contributed by atoms with E-state index in [0.29, 0.717) is 12.1 Å². The van der Waals surface area contributed by atoms with E-state index in [4.69, 9.17) is 27.9 Å². The van der Waals surface area contributed by atoms with E-state index < -0.39 is 0 Å². The average molecular weight is 630 g/mol. The summed E-state index contributed by atoms with van der Waals surface area (Å²) in [4.78, 5) is 5.58. The number of ether oxygens (including phenoxy) is 1. The van der Waals surface area contributed by atoms with E-state index in [1.54, 1.807) is 0 Å². The van der Waals surface area contributed by atoms with Crippen LogP contribution >= 0.6 is 23.2 Å². The fourth-order valence-corrected chi connectivity index (χ4v) is 8.22. The van der Waals surface area contributed by atoms with Crippen molar-refractivity contribution in [3.8, 4) is 0 Å². The van der Waals surface area contributed by atoms with Gasteiger partial charge in [-0.15, -0.1) is 0 Å². The molecule has 5 heteroatoms. The number of piperidine rings is 2. The van der Waals surface area contributed by atoms with Gasteiger partial charge in [0.05, 0.1) is 0 Å². The van der Waals surface area contributed by atoms with Gasteiger partial charge in [-0.1, -0.05) is 75.2 Å². The molecule has 0 spiro atoms. The van der Waals surface area contributed by atoms with Gasteiger partial charge in [-0.3, -0.25) is 9.80 Å². The lowest BCUT2D eigenvalue weighted by atomic mass is 9.89. The zero-order valence-electron chi connectivity index (χ0n) is 27.5. The Balaban J connectivity index is 1.27. The molecular weight excluding hydrogens is 571 g/mol. The van der Waals surface area contributed by atoms with Gasteiger partial charge in [0.2, 0.25) is 0 Å². The molecule has 2 fully saturated rings. The van der Waals surface area contributed by atoms with Crippen LogP contribution < -0.4 is 0 Å². The molecule has 6 atom stereocenters. The molecule has 2 aromatic rings. The molecule has 3 nitrogen and oxygen atoms in total. The molecule has 0 radical (unpaired) electrons. The van der Waals surface area contributed by atoms with Crippen molar-refractivity contribution in [1.29, 1.82) is 0 Å². The Hall–Kier alpha value is -1.10. The first-order valence-corrected chi connectivity index (χ1v) is 18.1. The van der Waals surface area contributed by atoms with E-state index in [0.717, 1.165) is 72.6 Å². The fourth-order valence-electron chi connectivity index (χ4n) is 7.96. The van der Waals surface area contributed by atoms with Gasteiger partial charge in [-0.25, -0.2) is 0 Å². The Labute approximate surface area is 273 Å². The smallest absolute Gasteiger partial charge is 0.0480 e. The van der Waals surface area contributed by atoms with Crippen LogP contribution in [0.3, 0.4) is 0 Å². The summed E-state index contributed by atoms with van der Waals surface area (Å²) >= 11 is 12.2. The summed E-state index contributed by atoms with van der Waals surface area (Å²) in [6, 6.07) is 18.0. The number of hydrogen-bond donors (Lipinski definition) is 0. The Morgan fingerprint density at radius 2 is 0.930 bits per heavy atom. The van der Waals surface area contributed by atoms with Crippen LogP contribution in [0.4, 0.5) is 0 Å². The monoisotopic (exact) mass is 628 g/mol. The van der Waals surface area contributed by atoms with E-state index in [1.807, 2.05) is 24.3 Å². The second kappa shape index (κ2) is 18.1. The molecule has 0 bridgehead atoms. The first-order chi connectivity index (χ1) is 20.7. The van der Waals surface area contributed by atoms with Gasteiger partial charge in [0, 0.05) is 61.5 Å². The predicted molar refractivity (Wildman–Crippen MR) is 185 cm³/mol. The largest absolute Gasteiger partial charge is 0.381 e. The predicted octanol–water partition coefficient (Wildman–Crippen LogP) is 9.83. The normalized spacial score (nSPS) is 25.1. The Kier molecular flexibility index (Phi) is 14.7. The van der Waals surface area contributed by atoms with Gasteiger partial charge in [-0.05, 0) is 123 Å². The Bertz CT molecular complexity index is 941. The van der Waals surface area contributed by atoms with Gasteiger partial charge < -0.3 is 4.74 Å². The van der Waals surface area contributed by atoms with Crippen molar-refractivity contribution < 1.29 is 4.74 Å². The van der Waals surface area contributed by atoms with E-state index in [-0.39, 0.29) is 0 Å². The molecule has 240 valence electrons. The van der Waals surface area contributed by atoms with Gasteiger partial charge in [0.15, 0.2) is 0 Å². The molecular formula is C38H58Cl2N2O. The molecule has 0 saturated carbocycles. The summed E-state index contributed by atoms with van der Waals surface area (Å²) in [7, 11) is 0. The topological polar surface area (TPSA) is 15.7 Å². The summed E-state index contributed by atoms with van der Waals surface area (Å²) in [6.45, 7) is 16.4. The highest BCUT2D eigenvalue weighted by molar-refractivity contribution is 6.30. The maximum absolute atomic E-state index is 6.46. The number of rotatable bonds is 16. The third-order valence-electron chi connectivity index (χ3n) is 9.85. The highest BCUT2D eigenvalue weighted by atomic mass is 35.5. The number of benzene rings is 2. The molecule has 2 unspecified atom stereocenters. The van der Waals surface area contributed by atoms with Gasteiger partial charge in [0.1, 0.15) is 0 Å². The molecule has 43 heavy (non-hydrogen) atoms. The molecule has 2 aliphatic rings. The van der Waals surface area contributed by atoms with Crippen molar-refractivity contribution >= 4 is 23.2 Å². The molecule has 4 rings (SSSR count). The molecule has 2 saturated heterocycles. The average Bonchev–Trinajstić information content (AvgIpc) is 2.96. The number of nitrogens with zero attached hydrogens (tertiary/aromatic N) is 2. The maximum Gasteiger partial charge on any atom is 0.0480 e. The van der Waals surface area contributed by atoms with Gasteiger partial charge >= 0.3 is 0 Å². The summed E-state index contributed by atoms with van der Waals surface area (Å²) in [5, 5.41) is 1.64. The lowest BCUT2D eigenvalue weighted by Crippen LogP contribution is -2.46. The lowest BCUT2D eigenvalue weighted by Gasteiger charge is -2.41. The number of halogens is 2. The van der Waals surface area contributed by atoms with E-state index >= 15 is 0 Å². The van der Waals surface area contributed by atoms with Crippen molar-refractivity contribution in [1.82, 2.24) is 9.80 Å². The highest BCUT2D eigenvalue weighted by Gasteiger charge is 2.29. The van der Waals surface area contributed by atoms with Crippen LogP contribution in [0.2, 0.25) is 10.0 Å². The molecule has 0 amide bonds. The first kappa shape index (κ1) is 34.8. The summed E-state index contributed by atoms with van der Waals surface area (Å²) in [5.74, 6) is 3.13. The number of aryl methyl sites for hydroxylation is 2. The lowest BCUT2D eigenvalue weighted by molar-refractivity contribution is 0.0385. The van der Waals surface area contributed by atoms with Crippen LogP contribution in [0.1, 0.15) is 90.2 Å². The standard InChI is InChI=1S/C38H58Cl2N2O/c1-29-23-30(2)26-41(25-29)37(9-5-7-33-11-15-35(39)16-12-33)19-21-43-22-20-38(42-27-31(3)24-32(4)28-42)10-6-8-34-13-17-36(40)18-14-34/h11-18,29-32,37-38H,5-10,19-28H2,1-4H3/t29-,30-,31-,32-,37?,38?/m1/s1. The van der Waals surface area contributed by atoms with E-state index in [9.17, 15) is 0 Å². The molecule has 2 heterocycles. The van der Waals surface area contributed by atoms with Gasteiger partial charge in [-0.2, -0.15) is 0 Å². The molecule has 2 aliphatic heterocycles.